The highest BCUT2D eigenvalue weighted by molar-refractivity contribution is 5.93. The van der Waals surface area contributed by atoms with Crippen LogP contribution in [0.15, 0.2) is 59.1 Å². The molecular formula is C21H23N3O2. The zero-order chi connectivity index (χ0) is 18.5. The molecule has 0 atom stereocenters. The minimum Gasteiger partial charge on any atom is -0.441 e. The van der Waals surface area contributed by atoms with E-state index in [1.165, 1.54) is 0 Å². The molecule has 1 aromatic heterocycles. The van der Waals surface area contributed by atoms with E-state index in [0.717, 1.165) is 22.6 Å². The van der Waals surface area contributed by atoms with Gasteiger partial charge in [-0.25, -0.2) is 4.98 Å². The van der Waals surface area contributed by atoms with Crippen LogP contribution in [0.2, 0.25) is 0 Å². The molecule has 0 aliphatic rings. The lowest BCUT2D eigenvalue weighted by atomic mass is 10.1. The van der Waals surface area contributed by atoms with Crippen molar-refractivity contribution in [3.05, 3.63) is 71.6 Å². The zero-order valence-corrected chi connectivity index (χ0v) is 15.2. The van der Waals surface area contributed by atoms with Crippen molar-refractivity contribution in [3.63, 3.8) is 0 Å². The number of aromatic nitrogens is 1. The van der Waals surface area contributed by atoms with E-state index in [2.05, 4.69) is 29.5 Å². The largest absolute Gasteiger partial charge is 0.441 e. The molecule has 0 aliphatic carbocycles. The molecule has 2 N–H and O–H groups in total. The molecule has 5 nitrogen and oxygen atoms in total. The van der Waals surface area contributed by atoms with Gasteiger partial charge in [-0.05, 0) is 42.0 Å². The maximum Gasteiger partial charge on any atom is 0.251 e. The lowest BCUT2D eigenvalue weighted by Crippen LogP contribution is -2.17. The standard InChI is InChI=1S/C21H23N3O2/c1-14(2)19-13-24-21(26-19)17-8-10-18(11-9-17)23-12-15-4-6-16(7-5-15)20(25)22-3/h4-11,13-14,23H,12H2,1-3H3,(H,22,25). The van der Waals surface area contributed by atoms with Gasteiger partial charge in [0.1, 0.15) is 5.76 Å². The van der Waals surface area contributed by atoms with E-state index in [0.29, 0.717) is 23.9 Å². The summed E-state index contributed by atoms with van der Waals surface area (Å²) in [5, 5.41) is 5.99. The van der Waals surface area contributed by atoms with E-state index >= 15 is 0 Å². The Morgan fingerprint density at radius 1 is 1.08 bits per heavy atom. The number of benzene rings is 2. The van der Waals surface area contributed by atoms with Crippen molar-refractivity contribution in [2.45, 2.75) is 26.3 Å². The molecule has 0 aliphatic heterocycles. The van der Waals surface area contributed by atoms with Crippen molar-refractivity contribution in [3.8, 4) is 11.5 Å². The average molecular weight is 349 g/mol. The van der Waals surface area contributed by atoms with E-state index < -0.39 is 0 Å². The molecule has 134 valence electrons. The summed E-state index contributed by atoms with van der Waals surface area (Å²) >= 11 is 0. The van der Waals surface area contributed by atoms with Crippen LogP contribution < -0.4 is 10.6 Å². The van der Waals surface area contributed by atoms with Gasteiger partial charge in [0.05, 0.1) is 6.20 Å². The van der Waals surface area contributed by atoms with Gasteiger partial charge in [-0.1, -0.05) is 26.0 Å². The van der Waals surface area contributed by atoms with Crippen LogP contribution in [0.5, 0.6) is 0 Å². The fourth-order valence-electron chi connectivity index (χ4n) is 2.54. The highest BCUT2D eigenvalue weighted by Gasteiger charge is 2.09. The number of nitrogens with zero attached hydrogens (tertiary/aromatic N) is 1. The van der Waals surface area contributed by atoms with E-state index in [4.69, 9.17) is 4.42 Å². The van der Waals surface area contributed by atoms with Crippen LogP contribution in [0.25, 0.3) is 11.5 Å². The van der Waals surface area contributed by atoms with E-state index in [1.54, 1.807) is 13.2 Å². The summed E-state index contributed by atoms with van der Waals surface area (Å²) in [6, 6.07) is 15.6. The van der Waals surface area contributed by atoms with Gasteiger partial charge < -0.3 is 15.1 Å². The first-order chi connectivity index (χ1) is 12.6. The highest BCUT2D eigenvalue weighted by atomic mass is 16.4. The molecule has 0 unspecified atom stereocenters. The summed E-state index contributed by atoms with van der Waals surface area (Å²) in [7, 11) is 1.63. The van der Waals surface area contributed by atoms with Crippen LogP contribution in [0.1, 0.15) is 41.4 Å². The number of rotatable bonds is 6. The molecule has 26 heavy (non-hydrogen) atoms. The molecule has 0 spiro atoms. The van der Waals surface area contributed by atoms with Crippen molar-refractivity contribution in [2.24, 2.45) is 0 Å². The minimum absolute atomic E-state index is 0.0766. The smallest absolute Gasteiger partial charge is 0.251 e. The van der Waals surface area contributed by atoms with Gasteiger partial charge in [0.2, 0.25) is 5.89 Å². The van der Waals surface area contributed by atoms with Gasteiger partial charge in [-0.2, -0.15) is 0 Å². The average Bonchev–Trinajstić information content (AvgIpc) is 3.17. The summed E-state index contributed by atoms with van der Waals surface area (Å²) in [4.78, 5) is 15.9. The number of carbonyl (C=O) groups is 1. The first-order valence-electron chi connectivity index (χ1n) is 8.68. The van der Waals surface area contributed by atoms with Gasteiger partial charge in [0, 0.05) is 36.3 Å². The fourth-order valence-corrected chi connectivity index (χ4v) is 2.54. The third kappa shape index (κ3) is 4.11. The number of hydrogen-bond donors (Lipinski definition) is 2. The fraction of sp³-hybridized carbons (Fsp3) is 0.238. The number of amides is 1. The Bertz CT molecular complexity index is 865. The molecule has 0 bridgehead atoms. The Morgan fingerprint density at radius 2 is 1.77 bits per heavy atom. The SMILES string of the molecule is CNC(=O)c1ccc(CNc2ccc(-c3ncc(C(C)C)o3)cc2)cc1. The van der Waals surface area contributed by atoms with Crippen LogP contribution in [0.3, 0.4) is 0 Å². The molecule has 2 aromatic carbocycles. The molecule has 3 aromatic rings. The van der Waals surface area contributed by atoms with Gasteiger partial charge in [-0.15, -0.1) is 0 Å². The first-order valence-corrected chi connectivity index (χ1v) is 8.68. The predicted molar refractivity (Wildman–Crippen MR) is 103 cm³/mol. The van der Waals surface area contributed by atoms with Crippen LogP contribution >= 0.6 is 0 Å². The second kappa shape index (κ2) is 7.87. The molecule has 5 heteroatoms. The Morgan fingerprint density at radius 3 is 2.35 bits per heavy atom. The van der Waals surface area contributed by atoms with Gasteiger partial charge in [0.25, 0.3) is 5.91 Å². The molecular weight excluding hydrogens is 326 g/mol. The minimum atomic E-state index is -0.0766. The molecule has 0 radical (unpaired) electrons. The van der Waals surface area contributed by atoms with Crippen LogP contribution in [-0.2, 0) is 6.54 Å². The number of anilines is 1. The highest BCUT2D eigenvalue weighted by Crippen LogP contribution is 2.24. The third-order valence-corrected chi connectivity index (χ3v) is 4.16. The Balaban J connectivity index is 1.61. The van der Waals surface area contributed by atoms with E-state index in [9.17, 15) is 4.79 Å². The monoisotopic (exact) mass is 349 g/mol. The lowest BCUT2D eigenvalue weighted by Gasteiger charge is -2.08. The van der Waals surface area contributed by atoms with Crippen molar-refractivity contribution in [1.29, 1.82) is 0 Å². The molecule has 1 amide bonds. The van der Waals surface area contributed by atoms with Crippen LogP contribution in [0.4, 0.5) is 5.69 Å². The number of nitrogens with one attached hydrogen (secondary N) is 2. The normalized spacial score (nSPS) is 10.8. The summed E-state index contributed by atoms with van der Waals surface area (Å²) < 4.78 is 5.78. The maximum absolute atomic E-state index is 11.6. The zero-order valence-electron chi connectivity index (χ0n) is 15.2. The van der Waals surface area contributed by atoms with Gasteiger partial charge in [0.15, 0.2) is 0 Å². The lowest BCUT2D eigenvalue weighted by molar-refractivity contribution is 0.0963. The van der Waals surface area contributed by atoms with Crippen molar-refractivity contribution in [2.75, 3.05) is 12.4 Å². The Labute approximate surface area is 153 Å². The van der Waals surface area contributed by atoms with Crippen molar-refractivity contribution in [1.82, 2.24) is 10.3 Å². The number of oxazole rings is 1. The van der Waals surface area contributed by atoms with Crippen molar-refractivity contribution >= 4 is 11.6 Å². The molecule has 3 rings (SSSR count). The molecule has 0 fully saturated rings. The first kappa shape index (κ1) is 17.7. The second-order valence-corrected chi connectivity index (χ2v) is 6.43. The van der Waals surface area contributed by atoms with Crippen LogP contribution in [0, 0.1) is 0 Å². The predicted octanol–water partition coefficient (Wildman–Crippen LogP) is 4.44. The van der Waals surface area contributed by atoms with Gasteiger partial charge >= 0.3 is 0 Å². The van der Waals surface area contributed by atoms with E-state index in [-0.39, 0.29) is 5.91 Å². The third-order valence-electron chi connectivity index (χ3n) is 4.16. The Hall–Kier alpha value is -3.08. The summed E-state index contributed by atoms with van der Waals surface area (Å²) in [6.45, 7) is 4.85. The van der Waals surface area contributed by atoms with E-state index in [1.807, 2.05) is 48.5 Å². The molecule has 0 saturated heterocycles. The van der Waals surface area contributed by atoms with Gasteiger partial charge in [-0.3, -0.25) is 4.79 Å². The topological polar surface area (TPSA) is 67.2 Å². The number of hydrogen-bond acceptors (Lipinski definition) is 4. The second-order valence-electron chi connectivity index (χ2n) is 6.43. The summed E-state index contributed by atoms with van der Waals surface area (Å²) in [5.74, 6) is 1.78. The summed E-state index contributed by atoms with van der Waals surface area (Å²) in [6.07, 6.45) is 1.79. The van der Waals surface area contributed by atoms with Crippen molar-refractivity contribution < 1.29 is 9.21 Å². The Kier molecular flexibility index (Phi) is 5.37. The quantitative estimate of drug-likeness (QED) is 0.690. The molecule has 1 heterocycles. The number of carbonyl (C=O) groups excluding carboxylic acids is 1. The summed E-state index contributed by atoms with van der Waals surface area (Å²) in [5.41, 5.74) is 3.74. The molecule has 0 saturated carbocycles. The van der Waals surface area contributed by atoms with Crippen LogP contribution in [-0.4, -0.2) is 17.9 Å². The maximum atomic E-state index is 11.6.